The van der Waals surface area contributed by atoms with Gasteiger partial charge in [-0.15, -0.1) is 0 Å². The van der Waals surface area contributed by atoms with Gasteiger partial charge in [-0.3, -0.25) is 4.79 Å². The van der Waals surface area contributed by atoms with Crippen LogP contribution in [-0.2, 0) is 14.6 Å². The number of carbonyl (C=O) groups is 1. The predicted octanol–water partition coefficient (Wildman–Crippen LogP) is 2.74. The molecule has 0 aromatic carbocycles. The van der Waals surface area contributed by atoms with Crippen LogP contribution in [0.25, 0.3) is 0 Å². The number of Topliss-reactive ketones (excluding diaryl/α,β-unsaturated/α-hetero) is 1. The second-order valence-electron chi connectivity index (χ2n) is 3.75. The van der Waals surface area contributed by atoms with Gasteiger partial charge in [0.2, 0.25) is 0 Å². The summed E-state index contributed by atoms with van der Waals surface area (Å²) in [6.07, 6.45) is 2.42. The molecule has 0 aliphatic rings. The average molecular weight is 202 g/mol. The fraction of sp³-hybridized carbons (Fsp3) is 0.909. The van der Waals surface area contributed by atoms with Gasteiger partial charge in [0.05, 0.1) is 12.7 Å². The highest BCUT2D eigenvalue weighted by atomic mass is 17.2. The molecule has 0 heterocycles. The molecule has 3 nitrogen and oxygen atoms in total. The highest BCUT2D eigenvalue weighted by Crippen LogP contribution is 2.09. The van der Waals surface area contributed by atoms with E-state index in [1.54, 1.807) is 0 Å². The number of hydrogen-bond donors (Lipinski definition) is 0. The SMILES string of the molecule is CCCC(=O)C(CC)COOC(C)C. The van der Waals surface area contributed by atoms with Gasteiger partial charge >= 0.3 is 0 Å². The zero-order valence-corrected chi connectivity index (χ0v) is 9.71. The zero-order chi connectivity index (χ0) is 11.0. The maximum atomic E-state index is 11.5. The molecule has 0 bridgehead atoms. The van der Waals surface area contributed by atoms with E-state index in [0.29, 0.717) is 13.0 Å². The van der Waals surface area contributed by atoms with Crippen molar-refractivity contribution in [1.29, 1.82) is 0 Å². The first kappa shape index (κ1) is 13.6. The topological polar surface area (TPSA) is 35.5 Å². The minimum atomic E-state index is -0.00583. The van der Waals surface area contributed by atoms with E-state index >= 15 is 0 Å². The van der Waals surface area contributed by atoms with Crippen molar-refractivity contribution in [3.63, 3.8) is 0 Å². The highest BCUT2D eigenvalue weighted by molar-refractivity contribution is 5.80. The van der Waals surface area contributed by atoms with Gasteiger partial charge in [0.1, 0.15) is 5.78 Å². The Hall–Kier alpha value is -0.410. The molecule has 84 valence electrons. The Morgan fingerprint density at radius 2 is 1.93 bits per heavy atom. The summed E-state index contributed by atoms with van der Waals surface area (Å²) in [6, 6.07) is 0. The van der Waals surface area contributed by atoms with Gasteiger partial charge < -0.3 is 0 Å². The monoisotopic (exact) mass is 202 g/mol. The van der Waals surface area contributed by atoms with Gasteiger partial charge in [0.15, 0.2) is 0 Å². The first-order valence-electron chi connectivity index (χ1n) is 5.42. The lowest BCUT2D eigenvalue weighted by atomic mass is 9.99. The summed E-state index contributed by atoms with van der Waals surface area (Å²) in [5.74, 6) is 0.274. The lowest BCUT2D eigenvalue weighted by Crippen LogP contribution is -2.20. The summed E-state index contributed by atoms with van der Waals surface area (Å²) in [6.45, 7) is 8.18. The summed E-state index contributed by atoms with van der Waals surface area (Å²) in [7, 11) is 0. The Morgan fingerprint density at radius 3 is 2.36 bits per heavy atom. The van der Waals surface area contributed by atoms with Crippen LogP contribution in [0.4, 0.5) is 0 Å². The lowest BCUT2D eigenvalue weighted by molar-refractivity contribution is -0.321. The third kappa shape index (κ3) is 6.11. The van der Waals surface area contributed by atoms with Crippen LogP contribution in [0, 0.1) is 5.92 Å². The Bertz CT molecular complexity index is 155. The third-order valence-corrected chi connectivity index (χ3v) is 1.97. The van der Waals surface area contributed by atoms with E-state index in [1.807, 2.05) is 27.7 Å². The number of ketones is 1. The fourth-order valence-electron chi connectivity index (χ4n) is 1.15. The van der Waals surface area contributed by atoms with Gasteiger partial charge in [0.25, 0.3) is 0 Å². The molecule has 0 aromatic rings. The highest BCUT2D eigenvalue weighted by Gasteiger charge is 2.16. The van der Waals surface area contributed by atoms with Crippen molar-refractivity contribution in [1.82, 2.24) is 0 Å². The van der Waals surface area contributed by atoms with Gasteiger partial charge in [-0.2, -0.15) is 0 Å². The molecular weight excluding hydrogens is 180 g/mol. The van der Waals surface area contributed by atoms with Crippen molar-refractivity contribution in [2.24, 2.45) is 5.92 Å². The molecule has 0 aromatic heterocycles. The largest absolute Gasteiger partial charge is 0.299 e. The van der Waals surface area contributed by atoms with E-state index in [9.17, 15) is 4.79 Å². The van der Waals surface area contributed by atoms with E-state index in [-0.39, 0.29) is 17.8 Å². The summed E-state index contributed by atoms with van der Waals surface area (Å²) >= 11 is 0. The molecule has 1 unspecified atom stereocenters. The Balaban J connectivity index is 3.73. The van der Waals surface area contributed by atoms with Gasteiger partial charge in [-0.1, -0.05) is 13.8 Å². The van der Waals surface area contributed by atoms with Gasteiger partial charge in [0, 0.05) is 12.3 Å². The molecule has 0 amide bonds. The molecule has 0 aliphatic carbocycles. The van der Waals surface area contributed by atoms with Crippen molar-refractivity contribution in [2.45, 2.75) is 53.1 Å². The zero-order valence-electron chi connectivity index (χ0n) is 9.71. The second kappa shape index (κ2) is 7.94. The molecular formula is C11H22O3. The van der Waals surface area contributed by atoms with Crippen molar-refractivity contribution in [3.8, 4) is 0 Å². The minimum absolute atomic E-state index is 0.00583. The molecule has 0 aliphatic heterocycles. The maximum absolute atomic E-state index is 11.5. The van der Waals surface area contributed by atoms with E-state index in [0.717, 1.165) is 12.8 Å². The van der Waals surface area contributed by atoms with Crippen molar-refractivity contribution in [3.05, 3.63) is 0 Å². The van der Waals surface area contributed by atoms with E-state index in [4.69, 9.17) is 9.78 Å². The summed E-state index contributed by atoms with van der Waals surface area (Å²) in [5, 5.41) is 0. The molecule has 0 radical (unpaired) electrons. The van der Waals surface area contributed by atoms with Crippen LogP contribution in [0.3, 0.4) is 0 Å². The molecule has 1 atom stereocenters. The normalized spacial score (nSPS) is 13.2. The lowest BCUT2D eigenvalue weighted by Gasteiger charge is -2.13. The van der Waals surface area contributed by atoms with Gasteiger partial charge in [-0.05, 0) is 26.7 Å². The summed E-state index contributed by atoms with van der Waals surface area (Å²) < 4.78 is 0. The van der Waals surface area contributed by atoms with E-state index < -0.39 is 0 Å². The molecule has 14 heavy (non-hydrogen) atoms. The van der Waals surface area contributed by atoms with E-state index in [2.05, 4.69) is 0 Å². The van der Waals surface area contributed by atoms with Gasteiger partial charge in [-0.25, -0.2) is 9.78 Å². The molecule has 0 spiro atoms. The second-order valence-corrected chi connectivity index (χ2v) is 3.75. The van der Waals surface area contributed by atoms with Crippen molar-refractivity contribution < 1.29 is 14.6 Å². The summed E-state index contributed by atoms with van der Waals surface area (Å²) in [5.41, 5.74) is 0. The maximum Gasteiger partial charge on any atom is 0.138 e. The molecule has 0 N–H and O–H groups in total. The Labute approximate surface area is 86.7 Å². The number of hydrogen-bond acceptors (Lipinski definition) is 3. The van der Waals surface area contributed by atoms with Crippen LogP contribution >= 0.6 is 0 Å². The van der Waals surface area contributed by atoms with Crippen LogP contribution in [0.15, 0.2) is 0 Å². The average Bonchev–Trinajstić information content (AvgIpc) is 2.12. The van der Waals surface area contributed by atoms with Crippen LogP contribution in [0.5, 0.6) is 0 Å². The standard InChI is InChI=1S/C11H22O3/c1-5-7-11(12)10(6-2)8-13-14-9(3)4/h9-10H,5-8H2,1-4H3. The first-order chi connectivity index (χ1) is 6.61. The fourth-order valence-corrected chi connectivity index (χ4v) is 1.15. The number of carbonyl (C=O) groups excluding carboxylic acids is 1. The minimum Gasteiger partial charge on any atom is -0.299 e. The van der Waals surface area contributed by atoms with Crippen molar-refractivity contribution in [2.75, 3.05) is 6.61 Å². The van der Waals surface area contributed by atoms with Crippen LogP contribution in [-0.4, -0.2) is 18.5 Å². The number of rotatable bonds is 8. The molecule has 0 saturated carbocycles. The summed E-state index contributed by atoms with van der Waals surface area (Å²) in [4.78, 5) is 21.5. The molecule has 0 saturated heterocycles. The smallest absolute Gasteiger partial charge is 0.138 e. The molecule has 0 rings (SSSR count). The van der Waals surface area contributed by atoms with Crippen LogP contribution in [0.1, 0.15) is 47.0 Å². The van der Waals surface area contributed by atoms with Crippen LogP contribution in [0.2, 0.25) is 0 Å². The Kier molecular flexibility index (Phi) is 7.71. The predicted molar refractivity (Wildman–Crippen MR) is 55.9 cm³/mol. The van der Waals surface area contributed by atoms with E-state index in [1.165, 1.54) is 0 Å². The van der Waals surface area contributed by atoms with Crippen molar-refractivity contribution >= 4 is 5.78 Å². The molecule has 0 fully saturated rings. The Morgan fingerprint density at radius 1 is 1.29 bits per heavy atom. The molecule has 3 heteroatoms. The quantitative estimate of drug-likeness (QED) is 0.448. The van der Waals surface area contributed by atoms with Crippen LogP contribution < -0.4 is 0 Å². The first-order valence-corrected chi connectivity index (χ1v) is 5.42. The third-order valence-electron chi connectivity index (χ3n) is 1.97.